The lowest BCUT2D eigenvalue weighted by molar-refractivity contribution is -0.120. The third kappa shape index (κ3) is 1.25. The second kappa shape index (κ2) is 3.01. The van der Waals surface area contributed by atoms with E-state index in [-0.39, 0.29) is 17.8 Å². The molecular weight excluding hydrogens is 196 g/mol. The minimum absolute atomic E-state index is 0.128. The molecule has 6 nitrogen and oxygen atoms in total. The summed E-state index contributed by atoms with van der Waals surface area (Å²) in [5.74, 6) is -0.559. The maximum absolute atomic E-state index is 11.7. The van der Waals surface area contributed by atoms with Crippen molar-refractivity contribution >= 4 is 17.8 Å². The zero-order valence-corrected chi connectivity index (χ0v) is 8.68. The van der Waals surface area contributed by atoms with E-state index < -0.39 is 0 Å². The van der Waals surface area contributed by atoms with Gasteiger partial charge in [-0.25, -0.2) is 4.90 Å². The number of anilines is 1. The predicted octanol–water partition coefficient (Wildman–Crippen LogP) is 0.0247. The van der Waals surface area contributed by atoms with Gasteiger partial charge in [-0.15, -0.1) is 5.10 Å². The number of aromatic nitrogens is 3. The van der Waals surface area contributed by atoms with Crippen LogP contribution in [0.5, 0.6) is 0 Å². The second-order valence-corrected chi connectivity index (χ2v) is 3.41. The molecule has 2 rings (SSSR count). The van der Waals surface area contributed by atoms with Crippen molar-refractivity contribution in [3.05, 3.63) is 17.5 Å². The van der Waals surface area contributed by atoms with Crippen LogP contribution >= 0.6 is 0 Å². The molecule has 0 fully saturated rings. The number of aryl methyl sites for hydroxylation is 1. The molecule has 0 saturated carbocycles. The summed E-state index contributed by atoms with van der Waals surface area (Å²) < 4.78 is 1.44. The first-order valence-electron chi connectivity index (χ1n) is 4.44. The van der Waals surface area contributed by atoms with E-state index in [0.29, 0.717) is 11.1 Å². The summed E-state index contributed by atoms with van der Waals surface area (Å²) in [6.45, 7) is 3.25. The quantitative estimate of drug-likeness (QED) is 0.608. The van der Waals surface area contributed by atoms with Gasteiger partial charge < -0.3 is 0 Å². The van der Waals surface area contributed by atoms with E-state index in [0.717, 1.165) is 4.90 Å². The monoisotopic (exact) mass is 206 g/mol. The highest BCUT2D eigenvalue weighted by Gasteiger charge is 2.36. The molecule has 0 aromatic carbocycles. The van der Waals surface area contributed by atoms with E-state index in [4.69, 9.17) is 0 Å². The van der Waals surface area contributed by atoms with Crippen molar-refractivity contribution in [1.82, 2.24) is 14.8 Å². The molecule has 1 aromatic rings. The van der Waals surface area contributed by atoms with E-state index in [1.54, 1.807) is 20.9 Å². The first-order valence-corrected chi connectivity index (χ1v) is 4.44. The second-order valence-electron chi connectivity index (χ2n) is 3.41. The van der Waals surface area contributed by atoms with Crippen molar-refractivity contribution in [3.8, 4) is 0 Å². The Bertz CT molecular complexity index is 462. The molecule has 78 valence electrons. The Morgan fingerprint density at radius 3 is 2.07 bits per heavy atom. The van der Waals surface area contributed by atoms with Crippen molar-refractivity contribution in [2.24, 2.45) is 7.05 Å². The average Bonchev–Trinajstić information content (AvgIpc) is 2.68. The number of carbonyl (C=O) groups excluding carboxylic acids is 2. The molecule has 0 bridgehead atoms. The van der Waals surface area contributed by atoms with E-state index in [9.17, 15) is 9.59 Å². The number of imide groups is 1. The van der Waals surface area contributed by atoms with Gasteiger partial charge in [0.05, 0.1) is 0 Å². The Kier molecular flexibility index (Phi) is 1.92. The Hall–Kier alpha value is -1.98. The fourth-order valence-electron chi connectivity index (χ4n) is 1.36. The van der Waals surface area contributed by atoms with Crippen molar-refractivity contribution in [2.75, 3.05) is 4.90 Å². The molecule has 2 amide bonds. The van der Waals surface area contributed by atoms with Crippen molar-refractivity contribution in [1.29, 1.82) is 0 Å². The fourth-order valence-corrected chi connectivity index (χ4v) is 1.36. The van der Waals surface area contributed by atoms with Gasteiger partial charge in [0.1, 0.15) is 6.33 Å². The van der Waals surface area contributed by atoms with Crippen LogP contribution in [0.25, 0.3) is 0 Å². The van der Waals surface area contributed by atoms with Crippen LogP contribution in [0.1, 0.15) is 13.8 Å². The SMILES string of the molecule is CC1=C(C)C(=O)N(c2ncn(C)n2)C1=O. The van der Waals surface area contributed by atoms with Crippen LogP contribution in [0.2, 0.25) is 0 Å². The van der Waals surface area contributed by atoms with Crippen LogP contribution in [0.15, 0.2) is 17.5 Å². The lowest BCUT2D eigenvalue weighted by Gasteiger charge is -2.08. The van der Waals surface area contributed by atoms with Gasteiger partial charge in [-0.1, -0.05) is 0 Å². The minimum atomic E-state index is -0.344. The molecule has 1 aliphatic rings. The molecule has 0 radical (unpaired) electrons. The van der Waals surface area contributed by atoms with Crippen molar-refractivity contribution in [3.63, 3.8) is 0 Å². The van der Waals surface area contributed by atoms with Gasteiger partial charge in [0.15, 0.2) is 0 Å². The Morgan fingerprint density at radius 1 is 1.13 bits per heavy atom. The number of nitrogens with zero attached hydrogens (tertiary/aromatic N) is 4. The zero-order chi connectivity index (χ0) is 11.2. The Morgan fingerprint density at radius 2 is 1.67 bits per heavy atom. The van der Waals surface area contributed by atoms with Crippen LogP contribution in [0, 0.1) is 0 Å². The van der Waals surface area contributed by atoms with Crippen molar-refractivity contribution in [2.45, 2.75) is 13.8 Å². The summed E-state index contributed by atoms with van der Waals surface area (Å²) in [6, 6.07) is 0. The molecule has 0 unspecified atom stereocenters. The number of amides is 2. The largest absolute Gasteiger partial charge is 0.268 e. The Labute approximate surface area is 86.2 Å². The van der Waals surface area contributed by atoms with Gasteiger partial charge in [0.25, 0.3) is 17.8 Å². The van der Waals surface area contributed by atoms with E-state index >= 15 is 0 Å². The smallest absolute Gasteiger partial charge is 0.263 e. The average molecular weight is 206 g/mol. The summed E-state index contributed by atoms with van der Waals surface area (Å²) in [5.41, 5.74) is 0.903. The van der Waals surface area contributed by atoms with Gasteiger partial charge in [-0.2, -0.15) is 4.98 Å². The molecule has 1 aromatic heterocycles. The highest BCUT2D eigenvalue weighted by atomic mass is 16.2. The summed E-state index contributed by atoms with van der Waals surface area (Å²) >= 11 is 0. The van der Waals surface area contributed by atoms with Crippen LogP contribution < -0.4 is 4.90 Å². The highest BCUT2D eigenvalue weighted by Crippen LogP contribution is 2.23. The van der Waals surface area contributed by atoms with Crippen LogP contribution in [-0.2, 0) is 16.6 Å². The number of carbonyl (C=O) groups is 2. The summed E-state index contributed by atoms with van der Waals surface area (Å²) in [6.07, 6.45) is 1.44. The summed E-state index contributed by atoms with van der Waals surface area (Å²) in [4.78, 5) is 28.3. The van der Waals surface area contributed by atoms with Gasteiger partial charge in [0, 0.05) is 18.2 Å². The highest BCUT2D eigenvalue weighted by molar-refractivity contribution is 6.31. The topological polar surface area (TPSA) is 68.1 Å². The molecule has 0 atom stereocenters. The Balaban J connectivity index is 2.43. The molecule has 1 aliphatic heterocycles. The van der Waals surface area contributed by atoms with Gasteiger partial charge >= 0.3 is 0 Å². The van der Waals surface area contributed by atoms with Gasteiger partial charge in [-0.05, 0) is 13.8 Å². The standard InChI is InChI=1S/C9H10N4O2/c1-5-6(2)8(15)13(7(5)14)9-10-4-12(3)11-9/h4H,1-3H3. The minimum Gasteiger partial charge on any atom is -0.268 e. The number of rotatable bonds is 1. The third-order valence-corrected chi connectivity index (χ3v) is 2.40. The number of hydrogen-bond donors (Lipinski definition) is 0. The predicted molar refractivity (Wildman–Crippen MR) is 51.9 cm³/mol. The van der Waals surface area contributed by atoms with E-state index in [2.05, 4.69) is 10.1 Å². The maximum atomic E-state index is 11.7. The molecule has 0 spiro atoms. The molecule has 0 N–H and O–H groups in total. The first kappa shape index (κ1) is 9.57. The number of hydrogen-bond acceptors (Lipinski definition) is 4. The normalized spacial score (nSPS) is 16.9. The van der Waals surface area contributed by atoms with E-state index in [1.807, 2.05) is 0 Å². The van der Waals surface area contributed by atoms with Gasteiger partial charge in [-0.3, -0.25) is 14.3 Å². The third-order valence-electron chi connectivity index (χ3n) is 2.40. The molecule has 0 saturated heterocycles. The molecule has 0 aliphatic carbocycles. The van der Waals surface area contributed by atoms with Crippen LogP contribution in [-0.4, -0.2) is 26.6 Å². The van der Waals surface area contributed by atoms with Crippen LogP contribution in [0.4, 0.5) is 5.95 Å². The lowest BCUT2D eigenvalue weighted by Crippen LogP contribution is -2.32. The summed E-state index contributed by atoms with van der Waals surface area (Å²) in [7, 11) is 1.68. The molecule has 2 heterocycles. The van der Waals surface area contributed by atoms with E-state index in [1.165, 1.54) is 11.0 Å². The first-order chi connectivity index (χ1) is 7.02. The molecule has 6 heteroatoms. The van der Waals surface area contributed by atoms with Crippen LogP contribution in [0.3, 0.4) is 0 Å². The lowest BCUT2D eigenvalue weighted by atomic mass is 10.2. The maximum Gasteiger partial charge on any atom is 0.263 e. The van der Waals surface area contributed by atoms with Gasteiger partial charge in [0.2, 0.25) is 0 Å². The molecule has 15 heavy (non-hydrogen) atoms. The summed E-state index contributed by atoms with van der Waals surface area (Å²) in [5, 5.41) is 3.93. The molecular formula is C9H10N4O2. The zero-order valence-electron chi connectivity index (χ0n) is 8.68. The van der Waals surface area contributed by atoms with Crippen molar-refractivity contribution < 1.29 is 9.59 Å². The fraction of sp³-hybridized carbons (Fsp3) is 0.333.